The maximum absolute atomic E-state index is 12.9. The highest BCUT2D eigenvalue weighted by Crippen LogP contribution is 2.11. The average Bonchev–Trinajstić information content (AvgIpc) is 3.20. The molecule has 0 saturated carbocycles. The van der Waals surface area contributed by atoms with Gasteiger partial charge in [0.05, 0.1) is 16.8 Å². The summed E-state index contributed by atoms with van der Waals surface area (Å²) in [6, 6.07) is 14.3. The maximum Gasteiger partial charge on any atom is 0.240 e. The number of hydrogen-bond donors (Lipinski definition) is 1. The second kappa shape index (κ2) is 9.64. The van der Waals surface area contributed by atoms with Crippen LogP contribution in [0.15, 0.2) is 71.9 Å². The number of carbonyl (C=O) groups is 1. The summed E-state index contributed by atoms with van der Waals surface area (Å²) in [5, 5.41) is 4.31. The lowest BCUT2D eigenvalue weighted by Crippen LogP contribution is -2.28. The summed E-state index contributed by atoms with van der Waals surface area (Å²) in [5.74, 6) is -0.597. The van der Waals surface area contributed by atoms with E-state index in [0.717, 1.165) is 23.4 Å². The summed E-state index contributed by atoms with van der Waals surface area (Å²) in [6.45, 7) is 0.526. The van der Waals surface area contributed by atoms with Gasteiger partial charge in [-0.25, -0.2) is 22.2 Å². The van der Waals surface area contributed by atoms with E-state index in [4.69, 9.17) is 0 Å². The number of halogens is 1. The molecule has 7 nitrogen and oxygen atoms in total. The topological polar surface area (TPSA) is 84.3 Å². The average molecular weight is 431 g/mol. The minimum atomic E-state index is -3.72. The lowest BCUT2D eigenvalue weighted by molar-refractivity contribution is -0.130. The first kappa shape index (κ1) is 21.7. The molecular formula is C21H23FN4O3S. The standard InChI is InChI=1S/C21H23FN4O3S/c1-25(15-17-14-23-26(16-17)19-6-3-2-4-7-19)21(27)8-5-13-24-30(28,29)20-11-9-18(22)10-12-20/h2-4,6-7,9-12,14,16,24H,5,8,13,15H2,1H3. The smallest absolute Gasteiger partial charge is 0.240 e. The number of rotatable bonds is 9. The molecule has 0 aliphatic rings. The number of sulfonamides is 1. The first-order chi connectivity index (χ1) is 14.3. The van der Waals surface area contributed by atoms with Gasteiger partial charge in [0.15, 0.2) is 0 Å². The molecular weight excluding hydrogens is 407 g/mol. The van der Waals surface area contributed by atoms with Crippen LogP contribution < -0.4 is 4.72 Å². The van der Waals surface area contributed by atoms with E-state index >= 15 is 0 Å². The van der Waals surface area contributed by atoms with E-state index in [9.17, 15) is 17.6 Å². The largest absolute Gasteiger partial charge is 0.341 e. The molecule has 1 heterocycles. The van der Waals surface area contributed by atoms with Crippen molar-refractivity contribution >= 4 is 15.9 Å². The second-order valence-corrected chi connectivity index (χ2v) is 8.60. The van der Waals surface area contributed by atoms with Gasteiger partial charge in [-0.1, -0.05) is 18.2 Å². The molecule has 0 unspecified atom stereocenters. The van der Waals surface area contributed by atoms with Crippen LogP contribution in [0.5, 0.6) is 0 Å². The molecule has 3 rings (SSSR count). The number of nitrogens with one attached hydrogen (secondary N) is 1. The minimum Gasteiger partial charge on any atom is -0.341 e. The summed E-state index contributed by atoms with van der Waals surface area (Å²) in [7, 11) is -2.02. The Labute approximate surface area is 175 Å². The molecule has 30 heavy (non-hydrogen) atoms. The third-order valence-corrected chi connectivity index (χ3v) is 5.96. The quantitative estimate of drug-likeness (QED) is 0.529. The SMILES string of the molecule is CN(Cc1cnn(-c2ccccc2)c1)C(=O)CCCNS(=O)(=O)c1ccc(F)cc1. The highest BCUT2D eigenvalue weighted by Gasteiger charge is 2.15. The number of amides is 1. The van der Waals surface area contributed by atoms with Crippen LogP contribution in [0, 0.1) is 5.82 Å². The number of aromatic nitrogens is 2. The van der Waals surface area contributed by atoms with Gasteiger partial charge in [0.1, 0.15) is 5.82 Å². The Hall–Kier alpha value is -3.04. The highest BCUT2D eigenvalue weighted by molar-refractivity contribution is 7.89. The molecule has 9 heteroatoms. The van der Waals surface area contributed by atoms with Gasteiger partial charge in [-0.3, -0.25) is 4.79 Å². The number of para-hydroxylation sites is 1. The van der Waals surface area contributed by atoms with Crippen LogP contribution in [-0.4, -0.2) is 42.6 Å². The van der Waals surface area contributed by atoms with E-state index in [1.165, 1.54) is 12.1 Å². The van der Waals surface area contributed by atoms with E-state index in [-0.39, 0.29) is 23.8 Å². The molecule has 0 fully saturated rings. The van der Waals surface area contributed by atoms with Gasteiger partial charge in [-0.05, 0) is 42.8 Å². The van der Waals surface area contributed by atoms with Crippen molar-refractivity contribution in [2.75, 3.05) is 13.6 Å². The Bertz CT molecular complexity index is 1080. The molecule has 0 aliphatic carbocycles. The fourth-order valence-electron chi connectivity index (χ4n) is 2.86. The van der Waals surface area contributed by atoms with Crippen LogP contribution in [-0.2, 0) is 21.4 Å². The van der Waals surface area contributed by atoms with Crippen molar-refractivity contribution in [3.63, 3.8) is 0 Å². The lowest BCUT2D eigenvalue weighted by atomic mass is 10.2. The van der Waals surface area contributed by atoms with Crippen molar-refractivity contribution in [1.29, 1.82) is 0 Å². The van der Waals surface area contributed by atoms with Gasteiger partial charge in [-0.15, -0.1) is 0 Å². The third-order valence-electron chi connectivity index (χ3n) is 4.49. The Morgan fingerprint density at radius 3 is 2.53 bits per heavy atom. The van der Waals surface area contributed by atoms with Gasteiger partial charge < -0.3 is 4.90 Å². The van der Waals surface area contributed by atoms with E-state index in [0.29, 0.717) is 13.0 Å². The predicted molar refractivity (Wildman–Crippen MR) is 111 cm³/mol. The number of hydrogen-bond acceptors (Lipinski definition) is 4. The van der Waals surface area contributed by atoms with E-state index in [2.05, 4.69) is 9.82 Å². The minimum absolute atomic E-state index is 0.0113. The molecule has 1 amide bonds. The molecule has 0 aliphatic heterocycles. The molecule has 2 aromatic carbocycles. The van der Waals surface area contributed by atoms with Gasteiger partial charge in [0, 0.05) is 38.3 Å². The van der Waals surface area contributed by atoms with Crippen LogP contribution in [0.3, 0.4) is 0 Å². The first-order valence-corrected chi connectivity index (χ1v) is 10.9. The fourth-order valence-corrected chi connectivity index (χ4v) is 3.93. The molecule has 0 bridgehead atoms. The Morgan fingerprint density at radius 2 is 1.83 bits per heavy atom. The van der Waals surface area contributed by atoms with Gasteiger partial charge in [0.2, 0.25) is 15.9 Å². The molecule has 0 atom stereocenters. The van der Waals surface area contributed by atoms with Gasteiger partial charge >= 0.3 is 0 Å². The number of benzene rings is 2. The molecule has 1 aromatic heterocycles. The molecule has 0 saturated heterocycles. The second-order valence-electron chi connectivity index (χ2n) is 6.83. The number of nitrogens with zero attached hydrogens (tertiary/aromatic N) is 3. The Balaban J connectivity index is 1.45. The lowest BCUT2D eigenvalue weighted by Gasteiger charge is -2.16. The van der Waals surface area contributed by atoms with Crippen molar-refractivity contribution in [3.05, 3.63) is 78.4 Å². The summed E-state index contributed by atoms with van der Waals surface area (Å²) in [4.78, 5) is 13.9. The normalized spacial score (nSPS) is 11.4. The monoisotopic (exact) mass is 430 g/mol. The van der Waals surface area contributed by atoms with Crippen LogP contribution in [0.4, 0.5) is 4.39 Å². The highest BCUT2D eigenvalue weighted by atomic mass is 32.2. The molecule has 1 N–H and O–H groups in total. The maximum atomic E-state index is 12.9. The van der Waals surface area contributed by atoms with Gasteiger partial charge in [0.25, 0.3) is 0 Å². The van der Waals surface area contributed by atoms with Crippen molar-refractivity contribution in [2.45, 2.75) is 24.3 Å². The molecule has 0 spiro atoms. The zero-order valence-corrected chi connectivity index (χ0v) is 17.3. The number of carbonyl (C=O) groups excluding carboxylic acids is 1. The van der Waals surface area contributed by atoms with Crippen molar-refractivity contribution in [1.82, 2.24) is 19.4 Å². The summed E-state index contributed by atoms with van der Waals surface area (Å²) >= 11 is 0. The van der Waals surface area contributed by atoms with Crippen molar-refractivity contribution in [2.24, 2.45) is 0 Å². The summed E-state index contributed by atoms with van der Waals surface area (Å²) in [5.41, 5.74) is 1.83. The molecule has 0 radical (unpaired) electrons. The zero-order valence-electron chi connectivity index (χ0n) is 16.5. The van der Waals surface area contributed by atoms with E-state index in [1.807, 2.05) is 36.5 Å². The van der Waals surface area contributed by atoms with E-state index < -0.39 is 15.8 Å². The Morgan fingerprint density at radius 1 is 1.13 bits per heavy atom. The third kappa shape index (κ3) is 5.74. The Kier molecular flexibility index (Phi) is 6.96. The first-order valence-electron chi connectivity index (χ1n) is 9.43. The van der Waals surface area contributed by atoms with Crippen LogP contribution in [0.2, 0.25) is 0 Å². The van der Waals surface area contributed by atoms with Crippen LogP contribution in [0.1, 0.15) is 18.4 Å². The van der Waals surface area contributed by atoms with Crippen molar-refractivity contribution < 1.29 is 17.6 Å². The van der Waals surface area contributed by atoms with Gasteiger partial charge in [-0.2, -0.15) is 5.10 Å². The fraction of sp³-hybridized carbons (Fsp3) is 0.238. The van der Waals surface area contributed by atoms with E-state index in [1.54, 1.807) is 22.8 Å². The van der Waals surface area contributed by atoms with Crippen LogP contribution in [0.25, 0.3) is 5.69 Å². The predicted octanol–water partition coefficient (Wildman–Crippen LogP) is 2.73. The summed E-state index contributed by atoms with van der Waals surface area (Å²) < 4.78 is 41.4. The summed E-state index contributed by atoms with van der Waals surface area (Å²) in [6.07, 6.45) is 4.14. The molecule has 3 aromatic rings. The molecule has 158 valence electrons. The zero-order chi connectivity index (χ0) is 21.6. The van der Waals surface area contributed by atoms with Crippen molar-refractivity contribution in [3.8, 4) is 5.69 Å². The van der Waals surface area contributed by atoms with Crippen LogP contribution >= 0.6 is 0 Å².